The van der Waals surface area contributed by atoms with E-state index in [0.29, 0.717) is 5.56 Å². The summed E-state index contributed by atoms with van der Waals surface area (Å²) in [5.74, 6) is -4.87. The summed E-state index contributed by atoms with van der Waals surface area (Å²) in [6, 6.07) is 11.6. The largest absolute Gasteiger partial charge is 0.481 e. The van der Waals surface area contributed by atoms with Crippen molar-refractivity contribution in [3.63, 3.8) is 0 Å². The lowest BCUT2D eigenvalue weighted by atomic mass is 10.0. The minimum Gasteiger partial charge on any atom is -0.481 e. The number of carboxylic acid groups (broad SMARTS) is 2. The summed E-state index contributed by atoms with van der Waals surface area (Å²) in [6.07, 6.45) is 1.07. The Labute approximate surface area is 241 Å². The number of para-hydroxylation sites is 1. The van der Waals surface area contributed by atoms with Gasteiger partial charge in [-0.25, -0.2) is 4.79 Å². The van der Waals surface area contributed by atoms with Crippen molar-refractivity contribution < 1.29 is 34.2 Å². The van der Waals surface area contributed by atoms with Crippen molar-refractivity contribution in [1.29, 1.82) is 0 Å². The topological polar surface area (TPSA) is 204 Å². The minimum atomic E-state index is -1.49. The van der Waals surface area contributed by atoms with Crippen LogP contribution in [0.2, 0.25) is 0 Å². The number of hydrogen-bond donors (Lipinski definition) is 8. The highest BCUT2D eigenvalue weighted by atomic mass is 32.1. The van der Waals surface area contributed by atoms with Crippen LogP contribution in [0, 0.1) is 0 Å². The van der Waals surface area contributed by atoms with Crippen LogP contribution in [0.4, 0.5) is 0 Å². The number of aromatic amines is 1. The van der Waals surface area contributed by atoms with Crippen molar-refractivity contribution in [3.8, 4) is 0 Å². The SMILES string of the molecule is NC(Cc1ccccc1)C(=O)NC(CS)C(=O)NC(Cc1c[nH]c2ccccc12)C(=O)NC(CCC(=O)O)C(=O)O. The third-order valence-corrected chi connectivity index (χ3v) is 6.81. The lowest BCUT2D eigenvalue weighted by Crippen LogP contribution is -2.58. The van der Waals surface area contributed by atoms with Crippen molar-refractivity contribution in [2.24, 2.45) is 5.73 Å². The fourth-order valence-corrected chi connectivity index (χ4v) is 4.49. The van der Waals surface area contributed by atoms with Gasteiger partial charge < -0.3 is 36.9 Å². The molecule has 41 heavy (non-hydrogen) atoms. The molecule has 1 heterocycles. The highest BCUT2D eigenvalue weighted by Gasteiger charge is 2.31. The molecule has 8 N–H and O–H groups in total. The summed E-state index contributed by atoms with van der Waals surface area (Å²) < 4.78 is 0. The number of carbonyl (C=O) groups is 5. The molecule has 0 radical (unpaired) electrons. The molecule has 0 aliphatic heterocycles. The molecule has 4 atom stereocenters. The van der Waals surface area contributed by atoms with E-state index in [-0.39, 0.29) is 25.0 Å². The van der Waals surface area contributed by atoms with Crippen LogP contribution in [-0.4, -0.2) is 74.8 Å². The number of amides is 3. The van der Waals surface area contributed by atoms with E-state index in [1.165, 1.54) is 0 Å². The molecule has 0 bridgehead atoms. The average molecular weight is 584 g/mol. The van der Waals surface area contributed by atoms with Gasteiger partial charge in [-0.05, 0) is 30.0 Å². The van der Waals surface area contributed by atoms with Gasteiger partial charge in [0, 0.05) is 35.7 Å². The van der Waals surface area contributed by atoms with Gasteiger partial charge in [0.15, 0.2) is 0 Å². The first kappa shape index (κ1) is 31.2. The fraction of sp³-hybridized carbons (Fsp3) is 0.321. The molecule has 3 aromatic rings. The van der Waals surface area contributed by atoms with Crippen molar-refractivity contribution in [2.45, 2.75) is 49.9 Å². The van der Waals surface area contributed by atoms with Crippen molar-refractivity contribution in [3.05, 3.63) is 71.9 Å². The van der Waals surface area contributed by atoms with Crippen LogP contribution in [0.1, 0.15) is 24.0 Å². The van der Waals surface area contributed by atoms with Crippen LogP contribution < -0.4 is 21.7 Å². The number of H-pyrrole nitrogens is 1. The standard InChI is InChI=1S/C28H33N5O7S/c29-19(12-16-6-2-1-3-7-16)25(36)33-23(15-41)27(38)32-22(13-17-14-30-20-9-5-4-8-18(17)20)26(37)31-21(28(39)40)10-11-24(34)35/h1-9,14,19,21-23,30,41H,10-13,15,29H2,(H,31,37)(H,32,38)(H,33,36)(H,34,35)(H,39,40). The second-order valence-corrected chi connectivity index (χ2v) is 9.86. The monoisotopic (exact) mass is 583 g/mol. The zero-order valence-corrected chi connectivity index (χ0v) is 23.0. The number of aromatic nitrogens is 1. The molecule has 0 aliphatic rings. The molecule has 218 valence electrons. The van der Waals surface area contributed by atoms with Gasteiger partial charge in [0.2, 0.25) is 17.7 Å². The van der Waals surface area contributed by atoms with Crippen molar-refractivity contribution in [2.75, 3.05) is 5.75 Å². The second kappa shape index (κ2) is 14.9. The van der Waals surface area contributed by atoms with E-state index in [0.717, 1.165) is 16.5 Å². The number of aliphatic carboxylic acids is 2. The van der Waals surface area contributed by atoms with E-state index < -0.39 is 60.2 Å². The summed E-state index contributed by atoms with van der Waals surface area (Å²) in [7, 11) is 0. The second-order valence-electron chi connectivity index (χ2n) is 9.50. The Hall–Kier alpha value is -4.36. The number of benzene rings is 2. The lowest BCUT2D eigenvalue weighted by molar-refractivity contribution is -0.143. The Morgan fingerprint density at radius 3 is 2.07 bits per heavy atom. The van der Waals surface area contributed by atoms with Crippen LogP contribution in [0.25, 0.3) is 10.9 Å². The van der Waals surface area contributed by atoms with Gasteiger partial charge >= 0.3 is 11.9 Å². The number of fused-ring (bicyclic) bond motifs is 1. The van der Waals surface area contributed by atoms with E-state index in [1.54, 1.807) is 6.20 Å². The molecule has 12 nitrogen and oxygen atoms in total. The molecule has 1 aromatic heterocycles. The number of hydrogen-bond acceptors (Lipinski definition) is 7. The first-order chi connectivity index (χ1) is 19.6. The van der Waals surface area contributed by atoms with E-state index in [2.05, 4.69) is 33.6 Å². The van der Waals surface area contributed by atoms with Crippen LogP contribution in [0.3, 0.4) is 0 Å². The molecular formula is C28H33N5O7S. The predicted octanol–water partition coefficient (Wildman–Crippen LogP) is 0.614. The third kappa shape index (κ3) is 9.08. The third-order valence-electron chi connectivity index (χ3n) is 6.44. The van der Waals surface area contributed by atoms with Gasteiger partial charge in [0.1, 0.15) is 18.1 Å². The maximum atomic E-state index is 13.3. The predicted molar refractivity (Wildman–Crippen MR) is 154 cm³/mol. The average Bonchev–Trinajstić information content (AvgIpc) is 3.36. The molecule has 0 aliphatic carbocycles. The van der Waals surface area contributed by atoms with Gasteiger partial charge in [-0.3, -0.25) is 19.2 Å². The van der Waals surface area contributed by atoms with Gasteiger partial charge in [-0.15, -0.1) is 0 Å². The Balaban J connectivity index is 1.76. The first-order valence-electron chi connectivity index (χ1n) is 12.9. The number of carbonyl (C=O) groups excluding carboxylic acids is 3. The summed E-state index contributed by atoms with van der Waals surface area (Å²) in [5.41, 5.74) is 8.36. The fourth-order valence-electron chi connectivity index (χ4n) is 4.23. The van der Waals surface area contributed by atoms with Crippen molar-refractivity contribution >= 4 is 53.2 Å². The summed E-state index contributed by atoms with van der Waals surface area (Å²) in [5, 5.41) is 26.7. The Morgan fingerprint density at radius 1 is 0.805 bits per heavy atom. The summed E-state index contributed by atoms with van der Waals surface area (Å²) in [4.78, 5) is 65.0. The summed E-state index contributed by atoms with van der Waals surface area (Å²) >= 11 is 4.18. The molecule has 0 saturated heterocycles. The number of carboxylic acids is 2. The number of rotatable bonds is 15. The lowest BCUT2D eigenvalue weighted by Gasteiger charge is -2.24. The molecule has 4 unspecified atom stereocenters. The van der Waals surface area contributed by atoms with Crippen LogP contribution >= 0.6 is 12.6 Å². The minimum absolute atomic E-state index is 0.0202. The first-order valence-corrected chi connectivity index (χ1v) is 13.5. The molecule has 3 rings (SSSR count). The number of thiol groups is 1. The van der Waals surface area contributed by atoms with E-state index in [4.69, 9.17) is 10.8 Å². The molecule has 0 saturated carbocycles. The molecule has 0 spiro atoms. The number of nitrogens with one attached hydrogen (secondary N) is 4. The zero-order valence-electron chi connectivity index (χ0n) is 22.1. The quantitative estimate of drug-likeness (QED) is 0.119. The van der Waals surface area contributed by atoms with Gasteiger partial charge in [-0.2, -0.15) is 12.6 Å². The van der Waals surface area contributed by atoms with Crippen LogP contribution in [-0.2, 0) is 36.8 Å². The number of nitrogens with two attached hydrogens (primary N) is 1. The Bertz CT molecular complexity index is 1380. The Kier molecular flexibility index (Phi) is 11.3. The molecular weight excluding hydrogens is 550 g/mol. The van der Waals surface area contributed by atoms with E-state index in [1.807, 2.05) is 54.6 Å². The van der Waals surface area contributed by atoms with Gasteiger partial charge in [-0.1, -0.05) is 48.5 Å². The van der Waals surface area contributed by atoms with Crippen molar-refractivity contribution in [1.82, 2.24) is 20.9 Å². The van der Waals surface area contributed by atoms with Gasteiger partial charge in [0.25, 0.3) is 0 Å². The van der Waals surface area contributed by atoms with Gasteiger partial charge in [0.05, 0.1) is 6.04 Å². The Morgan fingerprint density at radius 2 is 1.41 bits per heavy atom. The molecule has 2 aromatic carbocycles. The highest BCUT2D eigenvalue weighted by molar-refractivity contribution is 7.80. The molecule has 3 amide bonds. The smallest absolute Gasteiger partial charge is 0.326 e. The molecule has 0 fully saturated rings. The van der Waals surface area contributed by atoms with Crippen LogP contribution in [0.15, 0.2) is 60.8 Å². The normalized spacial score (nSPS) is 13.9. The maximum Gasteiger partial charge on any atom is 0.326 e. The zero-order chi connectivity index (χ0) is 29.9. The highest BCUT2D eigenvalue weighted by Crippen LogP contribution is 2.19. The summed E-state index contributed by atoms with van der Waals surface area (Å²) in [6.45, 7) is 0. The maximum absolute atomic E-state index is 13.3. The molecule has 13 heteroatoms. The van der Waals surface area contributed by atoms with E-state index in [9.17, 15) is 29.1 Å². The van der Waals surface area contributed by atoms with Crippen LogP contribution in [0.5, 0.6) is 0 Å². The van der Waals surface area contributed by atoms with E-state index >= 15 is 0 Å².